The standard InChI is InChI=1S/C11H12N2O2S2/c1-13(10-5-2-4-9(12)8-10)17(14,15)11-6-3-7-16-11/h2-8H,12H2,1H3. The molecule has 0 fully saturated rings. The van der Waals surface area contributed by atoms with Gasteiger partial charge in [-0.25, -0.2) is 8.42 Å². The van der Waals surface area contributed by atoms with Crippen LogP contribution >= 0.6 is 11.3 Å². The Morgan fingerprint density at radius 2 is 2.00 bits per heavy atom. The Kier molecular flexibility index (Phi) is 3.08. The quantitative estimate of drug-likeness (QED) is 0.868. The fourth-order valence-electron chi connectivity index (χ4n) is 1.40. The monoisotopic (exact) mass is 268 g/mol. The molecule has 1 aromatic heterocycles. The molecular weight excluding hydrogens is 256 g/mol. The van der Waals surface area contributed by atoms with Gasteiger partial charge in [-0.1, -0.05) is 12.1 Å². The van der Waals surface area contributed by atoms with Gasteiger partial charge in [0.2, 0.25) is 0 Å². The highest BCUT2D eigenvalue weighted by Gasteiger charge is 2.22. The van der Waals surface area contributed by atoms with Crippen LogP contribution < -0.4 is 10.0 Å². The molecule has 1 heterocycles. The fourth-order valence-corrected chi connectivity index (χ4v) is 3.75. The van der Waals surface area contributed by atoms with Crippen molar-refractivity contribution in [3.05, 3.63) is 41.8 Å². The topological polar surface area (TPSA) is 63.4 Å². The van der Waals surface area contributed by atoms with Crippen molar-refractivity contribution in [2.75, 3.05) is 17.1 Å². The van der Waals surface area contributed by atoms with E-state index >= 15 is 0 Å². The summed E-state index contributed by atoms with van der Waals surface area (Å²) in [6, 6.07) is 10.1. The Labute approximate surface area is 104 Å². The summed E-state index contributed by atoms with van der Waals surface area (Å²) in [5.41, 5.74) is 6.73. The van der Waals surface area contributed by atoms with Gasteiger partial charge in [0.05, 0.1) is 5.69 Å². The normalized spacial score (nSPS) is 11.4. The summed E-state index contributed by atoms with van der Waals surface area (Å²) in [5, 5.41) is 1.74. The second-order valence-electron chi connectivity index (χ2n) is 3.50. The Hall–Kier alpha value is -1.53. The highest BCUT2D eigenvalue weighted by molar-refractivity contribution is 7.94. The molecule has 0 radical (unpaired) electrons. The van der Waals surface area contributed by atoms with E-state index < -0.39 is 10.0 Å². The molecule has 0 saturated heterocycles. The summed E-state index contributed by atoms with van der Waals surface area (Å²) in [5.74, 6) is 0. The SMILES string of the molecule is CN(c1cccc(N)c1)S(=O)(=O)c1cccs1. The maximum atomic E-state index is 12.2. The van der Waals surface area contributed by atoms with E-state index in [-0.39, 0.29) is 0 Å². The van der Waals surface area contributed by atoms with Crippen LogP contribution in [0.1, 0.15) is 0 Å². The molecule has 2 rings (SSSR count). The number of anilines is 2. The van der Waals surface area contributed by atoms with Crippen molar-refractivity contribution in [3.63, 3.8) is 0 Å². The van der Waals surface area contributed by atoms with E-state index in [1.807, 2.05) is 0 Å². The number of thiophene rings is 1. The lowest BCUT2D eigenvalue weighted by atomic mass is 10.3. The van der Waals surface area contributed by atoms with Crippen LogP contribution in [-0.4, -0.2) is 15.5 Å². The average Bonchev–Trinajstić information content (AvgIpc) is 2.82. The maximum absolute atomic E-state index is 12.2. The Balaban J connectivity index is 2.42. The van der Waals surface area contributed by atoms with Gasteiger partial charge in [-0.15, -0.1) is 11.3 Å². The lowest BCUT2D eigenvalue weighted by Crippen LogP contribution is -2.25. The third-order valence-electron chi connectivity index (χ3n) is 2.34. The van der Waals surface area contributed by atoms with E-state index in [2.05, 4.69) is 0 Å². The molecule has 17 heavy (non-hydrogen) atoms. The molecule has 0 aliphatic rings. The van der Waals surface area contributed by atoms with Crippen LogP contribution in [0.15, 0.2) is 46.0 Å². The highest BCUT2D eigenvalue weighted by Crippen LogP contribution is 2.25. The number of nitrogens with zero attached hydrogens (tertiary/aromatic N) is 1. The molecule has 0 unspecified atom stereocenters. The van der Waals surface area contributed by atoms with Gasteiger partial charge in [0.1, 0.15) is 4.21 Å². The molecule has 0 spiro atoms. The molecule has 1 aromatic carbocycles. The third kappa shape index (κ3) is 2.27. The van der Waals surface area contributed by atoms with Crippen LogP contribution in [0.5, 0.6) is 0 Å². The van der Waals surface area contributed by atoms with Crippen molar-refractivity contribution in [2.24, 2.45) is 0 Å². The lowest BCUT2D eigenvalue weighted by Gasteiger charge is -2.18. The molecular formula is C11H12N2O2S2. The van der Waals surface area contributed by atoms with Crippen molar-refractivity contribution in [3.8, 4) is 0 Å². The predicted octanol–water partition coefficient (Wildman–Crippen LogP) is 2.16. The largest absolute Gasteiger partial charge is 0.399 e. The minimum Gasteiger partial charge on any atom is -0.399 e. The van der Waals surface area contributed by atoms with Crippen LogP contribution in [0.2, 0.25) is 0 Å². The van der Waals surface area contributed by atoms with Gasteiger partial charge in [-0.2, -0.15) is 0 Å². The third-order valence-corrected chi connectivity index (χ3v) is 5.50. The number of nitrogens with two attached hydrogens (primary N) is 1. The molecule has 0 amide bonds. The van der Waals surface area contributed by atoms with Crippen molar-refractivity contribution in [2.45, 2.75) is 4.21 Å². The second-order valence-corrected chi connectivity index (χ2v) is 6.64. The van der Waals surface area contributed by atoms with Crippen LogP contribution in [0, 0.1) is 0 Å². The maximum Gasteiger partial charge on any atom is 0.273 e. The van der Waals surface area contributed by atoms with Gasteiger partial charge in [0, 0.05) is 12.7 Å². The number of hydrogen-bond acceptors (Lipinski definition) is 4. The van der Waals surface area contributed by atoms with Gasteiger partial charge >= 0.3 is 0 Å². The van der Waals surface area contributed by atoms with Crippen LogP contribution in [0.3, 0.4) is 0 Å². The number of sulfonamides is 1. The molecule has 0 atom stereocenters. The van der Waals surface area contributed by atoms with Crippen LogP contribution in [0.25, 0.3) is 0 Å². The summed E-state index contributed by atoms with van der Waals surface area (Å²) in [6.45, 7) is 0. The van der Waals surface area contributed by atoms with Crippen molar-refractivity contribution < 1.29 is 8.42 Å². The minimum atomic E-state index is -3.47. The van der Waals surface area contributed by atoms with E-state index in [9.17, 15) is 8.42 Å². The van der Waals surface area contributed by atoms with Gasteiger partial charge in [0.15, 0.2) is 0 Å². The first-order valence-corrected chi connectivity index (χ1v) is 7.22. The number of benzene rings is 1. The van der Waals surface area contributed by atoms with Crippen LogP contribution in [0.4, 0.5) is 11.4 Å². The first kappa shape index (κ1) is 11.9. The van der Waals surface area contributed by atoms with Gasteiger partial charge in [-0.05, 0) is 29.6 Å². The Morgan fingerprint density at radius 3 is 2.59 bits per heavy atom. The molecule has 2 aromatic rings. The average molecular weight is 268 g/mol. The fraction of sp³-hybridized carbons (Fsp3) is 0.0909. The first-order valence-electron chi connectivity index (χ1n) is 4.90. The molecule has 2 N–H and O–H groups in total. The first-order chi connectivity index (χ1) is 8.01. The summed E-state index contributed by atoms with van der Waals surface area (Å²) >= 11 is 1.20. The number of rotatable bonds is 3. The summed E-state index contributed by atoms with van der Waals surface area (Å²) in [4.78, 5) is 0. The molecule has 0 bridgehead atoms. The smallest absolute Gasteiger partial charge is 0.273 e. The Bertz CT molecular complexity index is 606. The highest BCUT2D eigenvalue weighted by atomic mass is 32.2. The van der Waals surface area contributed by atoms with Crippen molar-refractivity contribution in [1.29, 1.82) is 0 Å². The van der Waals surface area contributed by atoms with Gasteiger partial charge in [0.25, 0.3) is 10.0 Å². The second kappa shape index (κ2) is 4.38. The Morgan fingerprint density at radius 1 is 1.24 bits per heavy atom. The summed E-state index contributed by atoms with van der Waals surface area (Å²) in [6.07, 6.45) is 0. The van der Waals surface area contributed by atoms with E-state index in [4.69, 9.17) is 5.73 Å². The molecule has 90 valence electrons. The molecule has 0 saturated carbocycles. The van der Waals surface area contributed by atoms with Gasteiger partial charge in [-0.3, -0.25) is 4.31 Å². The van der Waals surface area contributed by atoms with E-state index in [1.165, 1.54) is 22.7 Å². The summed E-state index contributed by atoms with van der Waals surface area (Å²) in [7, 11) is -1.95. The summed E-state index contributed by atoms with van der Waals surface area (Å²) < 4.78 is 26.0. The van der Waals surface area contributed by atoms with Crippen LogP contribution in [-0.2, 0) is 10.0 Å². The van der Waals surface area contributed by atoms with Gasteiger partial charge < -0.3 is 5.73 Å². The minimum absolute atomic E-state index is 0.322. The zero-order valence-corrected chi connectivity index (χ0v) is 10.8. The molecule has 0 aliphatic carbocycles. The zero-order valence-electron chi connectivity index (χ0n) is 9.20. The van der Waals surface area contributed by atoms with E-state index in [1.54, 1.807) is 41.8 Å². The van der Waals surface area contributed by atoms with Crippen molar-refractivity contribution in [1.82, 2.24) is 0 Å². The van der Waals surface area contributed by atoms with Crippen molar-refractivity contribution >= 4 is 32.7 Å². The lowest BCUT2D eigenvalue weighted by molar-refractivity contribution is 0.596. The van der Waals surface area contributed by atoms with E-state index in [0.717, 1.165) is 0 Å². The van der Waals surface area contributed by atoms with E-state index in [0.29, 0.717) is 15.6 Å². The molecule has 6 heteroatoms. The number of hydrogen-bond donors (Lipinski definition) is 1. The predicted molar refractivity (Wildman–Crippen MR) is 70.8 cm³/mol. The molecule has 4 nitrogen and oxygen atoms in total. The number of nitrogen functional groups attached to an aromatic ring is 1. The molecule has 0 aliphatic heterocycles. The zero-order chi connectivity index (χ0) is 12.5.